The number of hydrogen-bond donors (Lipinski definition) is 1. The number of carboxylic acid groups (broad SMARTS) is 1. The van der Waals surface area contributed by atoms with E-state index in [-0.39, 0.29) is 52.1 Å². The molecule has 170 valence electrons. The largest absolute Gasteiger partial charge is 1.00 e. The van der Waals surface area contributed by atoms with Crippen LogP contribution in [0.2, 0.25) is 0 Å². The van der Waals surface area contributed by atoms with Gasteiger partial charge in [-0.3, -0.25) is 9.78 Å². The van der Waals surface area contributed by atoms with Crippen molar-refractivity contribution in [3.8, 4) is 28.0 Å². The van der Waals surface area contributed by atoms with Gasteiger partial charge >= 0.3 is 36.2 Å². The van der Waals surface area contributed by atoms with Gasteiger partial charge in [0.1, 0.15) is 5.75 Å². The van der Waals surface area contributed by atoms with Gasteiger partial charge < -0.3 is 20.0 Å². The molecule has 4 aromatic rings. The molecule has 1 heterocycles. The number of ether oxygens (including phenoxy) is 1. The average molecular weight is 482 g/mol. The predicted octanol–water partition coefficient (Wildman–Crippen LogP) is 1.64. The van der Waals surface area contributed by atoms with Crippen LogP contribution in [0.3, 0.4) is 0 Å². The molecule has 0 bridgehead atoms. The zero-order valence-corrected chi connectivity index (χ0v) is 20.6. The normalized spacial score (nSPS) is 10.4. The second kappa shape index (κ2) is 11.7. The smallest absolute Gasteiger partial charge is 0.545 e. The molecule has 1 aromatic heterocycles. The summed E-state index contributed by atoms with van der Waals surface area (Å²) in [5.74, 6) is -2.19. The van der Waals surface area contributed by atoms with Gasteiger partial charge in [-0.1, -0.05) is 60.7 Å². The summed E-state index contributed by atoms with van der Waals surface area (Å²) in [7, 11) is 0. The molecule has 0 fully saturated rings. The van der Waals surface area contributed by atoms with Gasteiger partial charge in [-0.15, -0.1) is 0 Å². The van der Waals surface area contributed by atoms with E-state index < -0.39 is 18.5 Å². The summed E-state index contributed by atoms with van der Waals surface area (Å²) in [6, 6.07) is 21.0. The number of amides is 1. The molecule has 4 rings (SSSR count). The summed E-state index contributed by atoms with van der Waals surface area (Å²) < 4.78 is 30.2. The maximum absolute atomic E-state index is 12.9. The molecule has 0 atom stereocenters. The van der Waals surface area contributed by atoms with Crippen LogP contribution in [0.4, 0.5) is 14.5 Å². The summed E-state index contributed by atoms with van der Waals surface area (Å²) in [4.78, 5) is 28.7. The summed E-state index contributed by atoms with van der Waals surface area (Å²) in [5, 5.41) is 14.2. The van der Waals surface area contributed by atoms with E-state index in [1.807, 2.05) is 30.3 Å². The molecular formula is C26H17F2N2NaO4. The summed E-state index contributed by atoms with van der Waals surface area (Å²) >= 11 is 0. The second-order valence-electron chi connectivity index (χ2n) is 7.20. The molecule has 1 amide bonds. The fraction of sp³-hybridized carbons (Fsp3) is 0.0385. The minimum absolute atomic E-state index is 0. The van der Waals surface area contributed by atoms with Crippen LogP contribution in [0.15, 0.2) is 91.3 Å². The zero-order chi connectivity index (χ0) is 24.1. The first-order valence-corrected chi connectivity index (χ1v) is 10.1. The number of carbonyl (C=O) groups excluding carboxylic acids is 2. The number of para-hydroxylation sites is 1. The number of halogens is 2. The van der Waals surface area contributed by atoms with Gasteiger partial charge in [0.15, 0.2) is 0 Å². The van der Waals surface area contributed by atoms with E-state index in [9.17, 15) is 23.5 Å². The summed E-state index contributed by atoms with van der Waals surface area (Å²) in [5.41, 5.74) is 2.12. The van der Waals surface area contributed by atoms with Gasteiger partial charge in [0, 0.05) is 29.1 Å². The van der Waals surface area contributed by atoms with Crippen LogP contribution >= 0.6 is 0 Å². The van der Waals surface area contributed by atoms with Gasteiger partial charge in [-0.05, 0) is 29.3 Å². The molecule has 3 aromatic carbocycles. The van der Waals surface area contributed by atoms with Crippen molar-refractivity contribution in [2.45, 2.75) is 6.61 Å². The molecule has 0 aliphatic rings. The number of anilines is 1. The third-order valence-corrected chi connectivity index (χ3v) is 5.01. The maximum Gasteiger partial charge on any atom is 1.00 e. The zero-order valence-electron chi connectivity index (χ0n) is 18.6. The van der Waals surface area contributed by atoms with E-state index in [1.165, 1.54) is 36.5 Å². The van der Waals surface area contributed by atoms with Crippen LogP contribution in [-0.4, -0.2) is 23.5 Å². The van der Waals surface area contributed by atoms with Gasteiger partial charge in [0.25, 0.3) is 5.91 Å². The molecule has 1 N–H and O–H groups in total. The molecule has 0 saturated heterocycles. The maximum atomic E-state index is 12.9. The Kier molecular flexibility index (Phi) is 8.70. The van der Waals surface area contributed by atoms with Crippen molar-refractivity contribution >= 4 is 17.6 Å². The van der Waals surface area contributed by atoms with E-state index in [1.54, 1.807) is 24.4 Å². The Balaban J connectivity index is 0.00000342. The topological polar surface area (TPSA) is 91.3 Å². The van der Waals surface area contributed by atoms with Crippen molar-refractivity contribution in [2.24, 2.45) is 0 Å². The molecule has 0 aliphatic heterocycles. The molecule has 0 unspecified atom stereocenters. The number of rotatable bonds is 7. The molecule has 6 nitrogen and oxygen atoms in total. The number of pyridine rings is 1. The average Bonchev–Trinajstić information content (AvgIpc) is 2.84. The van der Waals surface area contributed by atoms with Crippen LogP contribution in [0.1, 0.15) is 20.7 Å². The van der Waals surface area contributed by atoms with Gasteiger partial charge in [0.2, 0.25) is 0 Å². The van der Waals surface area contributed by atoms with Crippen LogP contribution in [-0.2, 0) is 0 Å². The minimum Gasteiger partial charge on any atom is -0.545 e. The number of nitrogens with zero attached hydrogens (tertiary/aromatic N) is 1. The summed E-state index contributed by atoms with van der Waals surface area (Å²) in [6.07, 6.45) is 2.97. The third-order valence-electron chi connectivity index (χ3n) is 5.01. The molecular weight excluding hydrogens is 465 g/mol. The SMILES string of the molecule is O=C(Nc1cc(-c2ccccc2OC(F)F)ccc1C(=O)[O-])c1cncc(-c2ccccc2)c1.[Na+]. The first-order chi connectivity index (χ1) is 16.4. The van der Waals surface area contributed by atoms with Crippen LogP contribution in [0, 0.1) is 0 Å². The Bertz CT molecular complexity index is 1350. The van der Waals surface area contributed by atoms with Crippen LogP contribution in [0.25, 0.3) is 22.3 Å². The van der Waals surface area contributed by atoms with Crippen molar-refractivity contribution in [3.63, 3.8) is 0 Å². The van der Waals surface area contributed by atoms with E-state index in [2.05, 4.69) is 15.0 Å². The van der Waals surface area contributed by atoms with E-state index in [4.69, 9.17) is 0 Å². The molecule has 0 aliphatic carbocycles. The number of benzene rings is 3. The number of carbonyl (C=O) groups is 2. The van der Waals surface area contributed by atoms with Crippen LogP contribution in [0.5, 0.6) is 5.75 Å². The number of aromatic carboxylic acids is 1. The monoisotopic (exact) mass is 482 g/mol. The number of alkyl halides is 2. The Morgan fingerprint density at radius 2 is 1.57 bits per heavy atom. The Morgan fingerprint density at radius 3 is 2.29 bits per heavy atom. The van der Waals surface area contributed by atoms with Gasteiger partial charge in [0.05, 0.1) is 17.2 Å². The predicted molar refractivity (Wildman–Crippen MR) is 120 cm³/mol. The molecule has 9 heteroatoms. The first kappa shape index (κ1) is 26.0. The van der Waals surface area contributed by atoms with Crippen molar-refractivity contribution in [1.82, 2.24) is 4.98 Å². The van der Waals surface area contributed by atoms with E-state index >= 15 is 0 Å². The molecule has 0 saturated carbocycles. The molecule has 0 spiro atoms. The fourth-order valence-corrected chi connectivity index (χ4v) is 3.44. The summed E-state index contributed by atoms with van der Waals surface area (Å²) in [6.45, 7) is -3.03. The quantitative estimate of drug-likeness (QED) is 0.405. The standard InChI is InChI=1S/C26H18F2N2O4.Na/c27-26(28)34-23-9-5-4-8-20(23)17-10-11-21(25(32)33)22(13-17)30-24(31)19-12-18(14-29-15-19)16-6-2-1-3-7-16;/h1-15,26H,(H,30,31)(H,32,33);/q;+1/p-1. The molecule has 0 radical (unpaired) electrons. The van der Waals surface area contributed by atoms with Crippen molar-refractivity contribution in [1.29, 1.82) is 0 Å². The van der Waals surface area contributed by atoms with Gasteiger partial charge in [-0.2, -0.15) is 8.78 Å². The van der Waals surface area contributed by atoms with Crippen molar-refractivity contribution in [3.05, 3.63) is 102 Å². The number of aromatic nitrogens is 1. The molecule has 35 heavy (non-hydrogen) atoms. The van der Waals surface area contributed by atoms with Crippen LogP contribution < -0.4 is 44.7 Å². The third kappa shape index (κ3) is 6.30. The number of carboxylic acids is 1. The van der Waals surface area contributed by atoms with Crippen molar-refractivity contribution < 1.29 is 57.8 Å². The second-order valence-corrected chi connectivity index (χ2v) is 7.20. The van der Waals surface area contributed by atoms with Gasteiger partial charge in [-0.25, -0.2) is 0 Å². The Hall–Kier alpha value is -3.59. The number of nitrogens with one attached hydrogen (secondary N) is 1. The fourth-order valence-electron chi connectivity index (χ4n) is 3.44. The Morgan fingerprint density at radius 1 is 0.857 bits per heavy atom. The number of hydrogen-bond acceptors (Lipinski definition) is 5. The Labute approximate surface area is 221 Å². The van der Waals surface area contributed by atoms with E-state index in [0.29, 0.717) is 16.7 Å². The van der Waals surface area contributed by atoms with Crippen molar-refractivity contribution in [2.75, 3.05) is 5.32 Å². The van der Waals surface area contributed by atoms with E-state index in [0.717, 1.165) is 5.56 Å². The minimum atomic E-state index is -3.03. The first-order valence-electron chi connectivity index (χ1n) is 10.1.